The minimum Gasteiger partial charge on any atom is -0.465 e. The fourth-order valence-corrected chi connectivity index (χ4v) is 2.35. The number of carbonyl (C=O) groups excluding carboxylic acids is 3. The molecule has 1 aliphatic rings. The number of methoxy groups -OCH3 is 1. The molecule has 0 spiro atoms. The highest BCUT2D eigenvalue weighted by atomic mass is 35.5. The summed E-state index contributed by atoms with van der Waals surface area (Å²) in [6.45, 7) is 0.224. The van der Waals surface area contributed by atoms with Crippen LogP contribution in [-0.4, -0.2) is 31.4 Å². The van der Waals surface area contributed by atoms with Crippen LogP contribution in [0.5, 0.6) is 0 Å². The molecule has 0 saturated carbocycles. The first kappa shape index (κ1) is 14.3. The molecular formula is C13H13ClN2O4. The Morgan fingerprint density at radius 3 is 2.65 bits per heavy atom. The molecule has 1 atom stereocenters. The zero-order valence-electron chi connectivity index (χ0n) is 10.8. The number of ether oxygens (including phenoxy) is 1. The lowest BCUT2D eigenvalue weighted by molar-refractivity contribution is -0.123. The summed E-state index contributed by atoms with van der Waals surface area (Å²) in [4.78, 5) is 35.8. The van der Waals surface area contributed by atoms with Gasteiger partial charge in [0.15, 0.2) is 0 Å². The number of hydrogen-bond acceptors (Lipinski definition) is 4. The third-order valence-electron chi connectivity index (χ3n) is 3.20. The van der Waals surface area contributed by atoms with Gasteiger partial charge in [0.2, 0.25) is 11.8 Å². The van der Waals surface area contributed by atoms with Crippen LogP contribution in [0.2, 0.25) is 5.02 Å². The molecule has 0 aromatic heterocycles. The standard InChI is InChI=1S/C13H13ClN2O4/c1-20-13(19)9-3-2-8(5-10(9)14)16-6-7(12(15)18)4-11(16)17/h2-3,5,7H,4,6H2,1H3,(H2,15,18). The molecule has 1 fully saturated rings. The molecule has 0 radical (unpaired) electrons. The summed E-state index contributed by atoms with van der Waals surface area (Å²) < 4.78 is 4.59. The van der Waals surface area contributed by atoms with E-state index in [-0.39, 0.29) is 29.5 Å². The molecule has 2 amide bonds. The van der Waals surface area contributed by atoms with Crippen molar-refractivity contribution >= 4 is 35.1 Å². The highest BCUT2D eigenvalue weighted by Gasteiger charge is 2.34. The number of esters is 1. The van der Waals surface area contributed by atoms with Crippen molar-refractivity contribution in [2.75, 3.05) is 18.6 Å². The minimum atomic E-state index is -0.552. The van der Waals surface area contributed by atoms with Crippen LogP contribution >= 0.6 is 11.6 Å². The van der Waals surface area contributed by atoms with Crippen molar-refractivity contribution in [1.29, 1.82) is 0 Å². The van der Waals surface area contributed by atoms with Crippen LogP contribution in [0.15, 0.2) is 18.2 Å². The molecule has 2 rings (SSSR count). The fraction of sp³-hybridized carbons (Fsp3) is 0.308. The molecular weight excluding hydrogens is 284 g/mol. The third kappa shape index (κ3) is 2.60. The number of anilines is 1. The number of amides is 2. The van der Waals surface area contributed by atoms with Crippen LogP contribution < -0.4 is 10.6 Å². The molecule has 1 unspecified atom stereocenters. The summed E-state index contributed by atoms with van der Waals surface area (Å²) in [7, 11) is 1.26. The first-order valence-electron chi connectivity index (χ1n) is 5.91. The maximum atomic E-state index is 11.9. The summed E-state index contributed by atoms with van der Waals surface area (Å²) in [6, 6.07) is 4.56. The molecule has 7 heteroatoms. The smallest absolute Gasteiger partial charge is 0.339 e. The number of nitrogens with two attached hydrogens (primary N) is 1. The molecule has 2 N–H and O–H groups in total. The van der Waals surface area contributed by atoms with Gasteiger partial charge in [-0.3, -0.25) is 9.59 Å². The van der Waals surface area contributed by atoms with E-state index >= 15 is 0 Å². The van der Waals surface area contributed by atoms with Crippen molar-refractivity contribution < 1.29 is 19.1 Å². The van der Waals surface area contributed by atoms with Gasteiger partial charge in [0.1, 0.15) is 0 Å². The number of hydrogen-bond donors (Lipinski definition) is 1. The largest absolute Gasteiger partial charge is 0.465 e. The SMILES string of the molecule is COC(=O)c1ccc(N2CC(C(N)=O)CC2=O)cc1Cl. The van der Waals surface area contributed by atoms with Gasteiger partial charge in [-0.1, -0.05) is 11.6 Å². The van der Waals surface area contributed by atoms with Crippen LogP contribution in [0.1, 0.15) is 16.8 Å². The van der Waals surface area contributed by atoms with Gasteiger partial charge in [-0.25, -0.2) is 4.79 Å². The van der Waals surface area contributed by atoms with Crippen LogP contribution in [0.3, 0.4) is 0 Å². The van der Waals surface area contributed by atoms with Crippen LogP contribution in [0.25, 0.3) is 0 Å². The van der Waals surface area contributed by atoms with Gasteiger partial charge in [-0.15, -0.1) is 0 Å². The highest BCUT2D eigenvalue weighted by Crippen LogP contribution is 2.29. The third-order valence-corrected chi connectivity index (χ3v) is 3.51. The fourth-order valence-electron chi connectivity index (χ4n) is 2.10. The predicted octanol–water partition coefficient (Wildman–Crippen LogP) is 0.965. The lowest BCUT2D eigenvalue weighted by Crippen LogP contribution is -2.28. The van der Waals surface area contributed by atoms with E-state index in [1.165, 1.54) is 24.1 Å². The summed E-state index contributed by atoms with van der Waals surface area (Å²) in [6.07, 6.45) is 0.0890. The Morgan fingerprint density at radius 1 is 1.45 bits per heavy atom. The van der Waals surface area contributed by atoms with Crippen molar-refractivity contribution in [3.63, 3.8) is 0 Å². The minimum absolute atomic E-state index is 0.0890. The van der Waals surface area contributed by atoms with Crippen molar-refractivity contribution in [2.45, 2.75) is 6.42 Å². The van der Waals surface area contributed by atoms with Crippen molar-refractivity contribution in [1.82, 2.24) is 0 Å². The maximum absolute atomic E-state index is 11.9. The summed E-state index contributed by atoms with van der Waals surface area (Å²) >= 11 is 6.00. The summed E-state index contributed by atoms with van der Waals surface area (Å²) in [5.41, 5.74) is 5.95. The second-order valence-corrected chi connectivity index (χ2v) is 4.87. The lowest BCUT2D eigenvalue weighted by atomic mass is 10.1. The van der Waals surface area contributed by atoms with E-state index in [1.54, 1.807) is 6.07 Å². The van der Waals surface area contributed by atoms with Gasteiger partial charge >= 0.3 is 5.97 Å². The van der Waals surface area contributed by atoms with E-state index in [0.29, 0.717) is 5.69 Å². The molecule has 106 valence electrons. The molecule has 1 heterocycles. The van der Waals surface area contributed by atoms with Crippen molar-refractivity contribution in [3.05, 3.63) is 28.8 Å². The van der Waals surface area contributed by atoms with Gasteiger partial charge < -0.3 is 15.4 Å². The van der Waals surface area contributed by atoms with Gasteiger partial charge in [0.05, 0.1) is 23.6 Å². The molecule has 1 saturated heterocycles. The molecule has 0 bridgehead atoms. The van der Waals surface area contributed by atoms with Crippen LogP contribution in [0.4, 0.5) is 5.69 Å². The molecule has 1 aromatic rings. The Morgan fingerprint density at radius 2 is 2.15 bits per heavy atom. The molecule has 1 aromatic carbocycles. The number of benzene rings is 1. The quantitative estimate of drug-likeness (QED) is 0.841. The van der Waals surface area contributed by atoms with E-state index < -0.39 is 17.8 Å². The average molecular weight is 297 g/mol. The van der Waals surface area contributed by atoms with E-state index in [1.807, 2.05) is 0 Å². The molecule has 20 heavy (non-hydrogen) atoms. The van der Waals surface area contributed by atoms with Crippen molar-refractivity contribution in [2.24, 2.45) is 11.7 Å². The first-order chi connectivity index (χ1) is 9.43. The van der Waals surface area contributed by atoms with Crippen LogP contribution in [-0.2, 0) is 14.3 Å². The number of rotatable bonds is 3. The summed E-state index contributed by atoms with van der Waals surface area (Å²) in [5.74, 6) is -1.75. The number of halogens is 1. The molecule has 0 aliphatic carbocycles. The van der Waals surface area contributed by atoms with Gasteiger partial charge in [0.25, 0.3) is 0 Å². The Labute approximate surface area is 120 Å². The second-order valence-electron chi connectivity index (χ2n) is 4.46. The predicted molar refractivity (Wildman–Crippen MR) is 72.4 cm³/mol. The van der Waals surface area contributed by atoms with Gasteiger partial charge in [-0.2, -0.15) is 0 Å². The van der Waals surface area contributed by atoms with E-state index in [4.69, 9.17) is 17.3 Å². The average Bonchev–Trinajstić information content (AvgIpc) is 2.80. The Kier molecular flexibility index (Phi) is 3.94. The van der Waals surface area contributed by atoms with Crippen LogP contribution in [0, 0.1) is 5.92 Å². The number of nitrogens with zero attached hydrogens (tertiary/aromatic N) is 1. The Hall–Kier alpha value is -2.08. The van der Waals surface area contributed by atoms with Gasteiger partial charge in [-0.05, 0) is 18.2 Å². The normalized spacial score (nSPS) is 18.2. The maximum Gasteiger partial charge on any atom is 0.339 e. The van der Waals surface area contributed by atoms with Crippen molar-refractivity contribution in [3.8, 4) is 0 Å². The van der Waals surface area contributed by atoms with Gasteiger partial charge in [0, 0.05) is 18.7 Å². The topological polar surface area (TPSA) is 89.7 Å². The van der Waals surface area contributed by atoms with E-state index in [0.717, 1.165) is 0 Å². The molecule has 6 nitrogen and oxygen atoms in total. The van der Waals surface area contributed by atoms with E-state index in [2.05, 4.69) is 4.74 Å². The zero-order chi connectivity index (χ0) is 14.9. The molecule has 1 aliphatic heterocycles. The Balaban J connectivity index is 2.26. The first-order valence-corrected chi connectivity index (χ1v) is 6.29. The lowest BCUT2D eigenvalue weighted by Gasteiger charge is -2.17. The number of carbonyl (C=O) groups is 3. The second kappa shape index (κ2) is 5.50. The summed E-state index contributed by atoms with van der Waals surface area (Å²) in [5, 5.41) is 0.185. The zero-order valence-corrected chi connectivity index (χ0v) is 11.5. The van der Waals surface area contributed by atoms with E-state index in [9.17, 15) is 14.4 Å². The number of primary amides is 1. The Bertz CT molecular complexity index is 588. The monoisotopic (exact) mass is 296 g/mol. The highest BCUT2D eigenvalue weighted by molar-refractivity contribution is 6.34.